The second-order valence-electron chi connectivity index (χ2n) is 7.19. The number of carbonyl (C=O) groups is 2. The fraction of sp³-hybridized carbons (Fsp3) is 0.160. The summed E-state index contributed by atoms with van der Waals surface area (Å²) >= 11 is 6.77. The molecular formula is C25H23Br2N3O3. The minimum Gasteiger partial charge on any atom is -0.489 e. The molecule has 170 valence electrons. The number of amides is 2. The fourth-order valence-electron chi connectivity index (χ4n) is 2.83. The van der Waals surface area contributed by atoms with Gasteiger partial charge in [-0.25, -0.2) is 5.43 Å². The number of halogens is 2. The van der Waals surface area contributed by atoms with E-state index < -0.39 is 0 Å². The Bertz CT molecular complexity index is 1100. The highest BCUT2D eigenvalue weighted by Gasteiger charge is 2.05. The molecule has 0 bridgehead atoms. The summed E-state index contributed by atoms with van der Waals surface area (Å²) in [6.07, 6.45) is 2.47. The summed E-state index contributed by atoms with van der Waals surface area (Å²) in [6.45, 7) is 0.484. The molecule has 3 rings (SSSR count). The Morgan fingerprint density at radius 3 is 2.33 bits per heavy atom. The van der Waals surface area contributed by atoms with Crippen LogP contribution in [0.25, 0.3) is 0 Å². The number of anilines is 1. The monoisotopic (exact) mass is 571 g/mol. The SMILES string of the molecule is O=C(CCCC(=O)Nc1cccc(Br)c1)N/N=C\c1ccc(OCc2ccc(Br)cc2)cc1. The van der Waals surface area contributed by atoms with Crippen LogP contribution in [-0.2, 0) is 16.2 Å². The maximum Gasteiger partial charge on any atom is 0.240 e. The molecule has 3 aromatic carbocycles. The quantitative estimate of drug-likeness (QED) is 0.229. The Morgan fingerprint density at radius 1 is 0.879 bits per heavy atom. The van der Waals surface area contributed by atoms with Gasteiger partial charge in [0.1, 0.15) is 12.4 Å². The Kier molecular flexibility index (Phi) is 9.65. The van der Waals surface area contributed by atoms with Gasteiger partial charge in [0.2, 0.25) is 11.8 Å². The van der Waals surface area contributed by atoms with E-state index in [9.17, 15) is 9.59 Å². The first-order valence-corrected chi connectivity index (χ1v) is 11.9. The predicted octanol–water partition coefficient (Wildman–Crippen LogP) is 6.05. The van der Waals surface area contributed by atoms with Gasteiger partial charge in [-0.05, 0) is 72.1 Å². The molecule has 2 N–H and O–H groups in total. The lowest BCUT2D eigenvalue weighted by Crippen LogP contribution is -2.18. The maximum atomic E-state index is 12.0. The van der Waals surface area contributed by atoms with Gasteiger partial charge in [0, 0.05) is 27.5 Å². The van der Waals surface area contributed by atoms with Crippen LogP contribution in [0, 0.1) is 0 Å². The summed E-state index contributed by atoms with van der Waals surface area (Å²) < 4.78 is 7.69. The lowest BCUT2D eigenvalue weighted by molar-refractivity contribution is -0.121. The number of hydrogen-bond acceptors (Lipinski definition) is 4. The van der Waals surface area contributed by atoms with Crippen molar-refractivity contribution in [2.75, 3.05) is 5.32 Å². The molecule has 0 fully saturated rings. The van der Waals surface area contributed by atoms with Crippen LogP contribution in [0.15, 0.2) is 86.8 Å². The minimum absolute atomic E-state index is 0.133. The van der Waals surface area contributed by atoms with Crippen LogP contribution < -0.4 is 15.5 Å². The molecule has 2 amide bonds. The number of rotatable bonds is 10. The Balaban J connectivity index is 1.34. The molecule has 8 heteroatoms. The van der Waals surface area contributed by atoms with E-state index in [1.54, 1.807) is 6.21 Å². The molecule has 0 aromatic heterocycles. The van der Waals surface area contributed by atoms with Crippen LogP contribution >= 0.6 is 31.9 Å². The van der Waals surface area contributed by atoms with Crippen molar-refractivity contribution in [3.63, 3.8) is 0 Å². The largest absolute Gasteiger partial charge is 0.489 e. The molecule has 0 saturated heterocycles. The lowest BCUT2D eigenvalue weighted by Gasteiger charge is -2.06. The zero-order valence-corrected chi connectivity index (χ0v) is 20.9. The highest BCUT2D eigenvalue weighted by Crippen LogP contribution is 2.17. The van der Waals surface area contributed by atoms with Crippen molar-refractivity contribution in [2.24, 2.45) is 5.10 Å². The van der Waals surface area contributed by atoms with Crippen molar-refractivity contribution >= 4 is 55.6 Å². The third-order valence-electron chi connectivity index (χ3n) is 4.52. The van der Waals surface area contributed by atoms with E-state index in [0.717, 1.165) is 25.8 Å². The number of nitrogens with one attached hydrogen (secondary N) is 2. The number of benzene rings is 3. The van der Waals surface area contributed by atoms with Crippen LogP contribution in [-0.4, -0.2) is 18.0 Å². The van der Waals surface area contributed by atoms with Gasteiger partial charge in [-0.15, -0.1) is 0 Å². The summed E-state index contributed by atoms with van der Waals surface area (Å²) in [5.74, 6) is 0.378. The molecule has 0 aliphatic heterocycles. The van der Waals surface area contributed by atoms with Crippen LogP contribution in [0.4, 0.5) is 5.69 Å². The van der Waals surface area contributed by atoms with Gasteiger partial charge in [-0.1, -0.05) is 50.1 Å². The van der Waals surface area contributed by atoms with E-state index in [1.807, 2.05) is 72.8 Å². The van der Waals surface area contributed by atoms with Gasteiger partial charge >= 0.3 is 0 Å². The summed E-state index contributed by atoms with van der Waals surface area (Å²) in [7, 11) is 0. The highest BCUT2D eigenvalue weighted by atomic mass is 79.9. The standard InChI is InChI=1S/C25H23Br2N3O3/c26-20-11-7-19(8-12-20)17-33-23-13-9-18(10-14-23)16-28-30-25(32)6-2-5-24(31)29-22-4-1-3-21(27)15-22/h1,3-4,7-16H,2,5-6,17H2,(H,29,31)(H,30,32)/b28-16-. The Labute approximate surface area is 209 Å². The van der Waals surface area contributed by atoms with Crippen molar-refractivity contribution < 1.29 is 14.3 Å². The van der Waals surface area contributed by atoms with Crippen molar-refractivity contribution in [1.82, 2.24) is 5.43 Å². The van der Waals surface area contributed by atoms with E-state index in [2.05, 4.69) is 47.7 Å². The molecule has 0 atom stereocenters. The zero-order valence-electron chi connectivity index (χ0n) is 17.8. The average Bonchev–Trinajstić information content (AvgIpc) is 2.79. The topological polar surface area (TPSA) is 79.8 Å². The summed E-state index contributed by atoms with van der Waals surface area (Å²) in [5.41, 5.74) is 5.12. The normalized spacial score (nSPS) is 10.7. The van der Waals surface area contributed by atoms with E-state index in [4.69, 9.17) is 4.74 Å². The second kappa shape index (κ2) is 12.9. The van der Waals surface area contributed by atoms with Crippen LogP contribution in [0.1, 0.15) is 30.4 Å². The molecule has 33 heavy (non-hydrogen) atoms. The number of ether oxygens (including phenoxy) is 1. The van der Waals surface area contributed by atoms with Crippen LogP contribution in [0.2, 0.25) is 0 Å². The average molecular weight is 573 g/mol. The van der Waals surface area contributed by atoms with Gasteiger partial charge < -0.3 is 10.1 Å². The van der Waals surface area contributed by atoms with Crippen LogP contribution in [0.5, 0.6) is 5.75 Å². The van der Waals surface area contributed by atoms with Crippen molar-refractivity contribution in [1.29, 1.82) is 0 Å². The zero-order chi connectivity index (χ0) is 23.5. The van der Waals surface area contributed by atoms with Gasteiger partial charge in [0.25, 0.3) is 0 Å². The predicted molar refractivity (Wildman–Crippen MR) is 137 cm³/mol. The Hall–Kier alpha value is -2.97. The number of nitrogens with zero attached hydrogens (tertiary/aromatic N) is 1. The molecule has 0 radical (unpaired) electrons. The highest BCUT2D eigenvalue weighted by molar-refractivity contribution is 9.10. The molecule has 0 saturated carbocycles. The summed E-state index contributed by atoms with van der Waals surface area (Å²) in [6, 6.07) is 22.7. The third kappa shape index (κ3) is 9.19. The maximum absolute atomic E-state index is 12.0. The molecule has 6 nitrogen and oxygen atoms in total. The molecule has 0 aliphatic carbocycles. The molecule has 0 aliphatic rings. The van der Waals surface area contributed by atoms with E-state index in [0.29, 0.717) is 18.7 Å². The van der Waals surface area contributed by atoms with Gasteiger partial charge in [0.05, 0.1) is 6.21 Å². The van der Waals surface area contributed by atoms with Gasteiger partial charge in [0.15, 0.2) is 0 Å². The summed E-state index contributed by atoms with van der Waals surface area (Å²) in [4.78, 5) is 23.9. The van der Waals surface area contributed by atoms with Gasteiger partial charge in [-0.2, -0.15) is 5.10 Å². The first-order chi connectivity index (χ1) is 16.0. The van der Waals surface area contributed by atoms with Gasteiger partial charge in [-0.3, -0.25) is 9.59 Å². The molecule has 3 aromatic rings. The van der Waals surface area contributed by atoms with E-state index in [1.165, 1.54) is 0 Å². The van der Waals surface area contributed by atoms with Crippen molar-refractivity contribution in [3.8, 4) is 5.75 Å². The van der Waals surface area contributed by atoms with Crippen LogP contribution in [0.3, 0.4) is 0 Å². The first kappa shape index (κ1) is 24.7. The van der Waals surface area contributed by atoms with E-state index >= 15 is 0 Å². The number of hydrazone groups is 1. The Morgan fingerprint density at radius 2 is 1.61 bits per heavy atom. The van der Waals surface area contributed by atoms with Crippen molar-refractivity contribution in [3.05, 3.63) is 92.9 Å². The molecule has 0 unspecified atom stereocenters. The molecule has 0 spiro atoms. The van der Waals surface area contributed by atoms with E-state index in [-0.39, 0.29) is 24.7 Å². The molecular weight excluding hydrogens is 550 g/mol. The second-order valence-corrected chi connectivity index (χ2v) is 9.02. The lowest BCUT2D eigenvalue weighted by atomic mass is 10.2. The third-order valence-corrected chi connectivity index (χ3v) is 5.54. The van der Waals surface area contributed by atoms with Crippen molar-refractivity contribution in [2.45, 2.75) is 25.9 Å². The number of hydrogen-bond donors (Lipinski definition) is 2. The number of carbonyl (C=O) groups excluding carboxylic acids is 2. The first-order valence-electron chi connectivity index (χ1n) is 10.3. The molecule has 0 heterocycles. The summed E-state index contributed by atoms with van der Waals surface area (Å²) in [5, 5.41) is 6.78. The minimum atomic E-state index is -0.240. The smallest absolute Gasteiger partial charge is 0.240 e. The fourth-order valence-corrected chi connectivity index (χ4v) is 3.49.